The Morgan fingerprint density at radius 2 is 1.74 bits per heavy atom. The van der Waals surface area contributed by atoms with Crippen LogP contribution in [0.2, 0.25) is 0 Å². The number of hydrogen-bond donors (Lipinski definition) is 2. The number of hydrogen-bond acceptors (Lipinski definition) is 4. The summed E-state index contributed by atoms with van der Waals surface area (Å²) in [5.74, 6) is 0. The van der Waals surface area contributed by atoms with Crippen LogP contribution in [0.1, 0.15) is 12.5 Å². The van der Waals surface area contributed by atoms with Crippen LogP contribution in [0, 0.1) is 6.92 Å². The van der Waals surface area contributed by atoms with Crippen LogP contribution in [0.15, 0.2) is 53.4 Å². The molecule has 0 spiro atoms. The molecule has 1 aliphatic heterocycles. The molecule has 1 atom stereocenters. The van der Waals surface area contributed by atoms with E-state index in [1.807, 2.05) is 0 Å². The van der Waals surface area contributed by atoms with Crippen molar-refractivity contribution in [3.05, 3.63) is 54.1 Å². The molecular weight excluding hydrogens is 380 g/mol. The van der Waals surface area contributed by atoms with Crippen molar-refractivity contribution >= 4 is 38.7 Å². The normalized spacial score (nSPS) is 17.7. The number of piperazine rings is 1. The Morgan fingerprint density at radius 1 is 1.11 bits per heavy atom. The van der Waals surface area contributed by atoms with Crippen LogP contribution in [0.5, 0.6) is 0 Å². The van der Waals surface area contributed by atoms with Gasteiger partial charge in [-0.25, -0.2) is 13.6 Å². The molecule has 2 aromatic carbocycles. The van der Waals surface area contributed by atoms with Gasteiger partial charge in [0.25, 0.3) is 0 Å². The van der Waals surface area contributed by atoms with Gasteiger partial charge in [-0.15, -0.1) is 0 Å². The first kappa shape index (κ1) is 19.6. The summed E-state index contributed by atoms with van der Waals surface area (Å²) >= 11 is 5.54. The van der Waals surface area contributed by atoms with E-state index in [-0.39, 0.29) is 4.90 Å². The van der Waals surface area contributed by atoms with Gasteiger partial charge in [-0.05, 0) is 62.5 Å². The molecule has 3 N–H and O–H groups in total. The Morgan fingerprint density at radius 3 is 2.30 bits per heavy atom. The topological polar surface area (TPSA) is 78.7 Å². The van der Waals surface area contributed by atoms with E-state index in [9.17, 15) is 8.42 Å². The average molecular weight is 405 g/mol. The fourth-order valence-corrected chi connectivity index (χ4v) is 3.99. The maximum Gasteiger partial charge on any atom is 0.238 e. The highest BCUT2D eigenvalue weighted by molar-refractivity contribution is 7.89. The van der Waals surface area contributed by atoms with E-state index in [2.05, 4.69) is 53.2 Å². The zero-order chi connectivity index (χ0) is 19.6. The Hall–Kier alpha value is -2.16. The number of anilines is 2. The summed E-state index contributed by atoms with van der Waals surface area (Å²) in [5.41, 5.74) is 3.22. The van der Waals surface area contributed by atoms with Crippen LogP contribution < -0.4 is 15.4 Å². The predicted octanol–water partition coefficient (Wildman–Crippen LogP) is 2.55. The molecule has 1 fully saturated rings. The minimum Gasteiger partial charge on any atom is -0.365 e. The molecule has 8 heteroatoms. The summed E-state index contributed by atoms with van der Waals surface area (Å²) in [6.07, 6.45) is 0. The molecule has 1 unspecified atom stereocenters. The van der Waals surface area contributed by atoms with Gasteiger partial charge in [0.05, 0.1) is 4.90 Å². The molecule has 0 saturated carbocycles. The van der Waals surface area contributed by atoms with Gasteiger partial charge < -0.3 is 15.1 Å². The van der Waals surface area contributed by atoms with Crippen molar-refractivity contribution in [1.29, 1.82) is 0 Å². The summed E-state index contributed by atoms with van der Waals surface area (Å²) < 4.78 is 22.7. The van der Waals surface area contributed by atoms with Gasteiger partial charge in [0, 0.05) is 37.1 Å². The van der Waals surface area contributed by atoms with E-state index >= 15 is 0 Å². The number of nitrogens with two attached hydrogens (primary N) is 1. The number of benzene rings is 2. The van der Waals surface area contributed by atoms with E-state index in [0.29, 0.717) is 11.2 Å². The fraction of sp³-hybridized carbons (Fsp3) is 0.316. The summed E-state index contributed by atoms with van der Waals surface area (Å²) in [6.45, 7) is 6.80. The number of rotatable bonds is 3. The van der Waals surface area contributed by atoms with Crippen LogP contribution in [0.25, 0.3) is 0 Å². The largest absolute Gasteiger partial charge is 0.365 e. The molecule has 0 aliphatic carbocycles. The highest BCUT2D eigenvalue weighted by Crippen LogP contribution is 2.22. The van der Waals surface area contributed by atoms with Gasteiger partial charge in [0.15, 0.2) is 5.11 Å². The lowest BCUT2D eigenvalue weighted by Gasteiger charge is -2.42. The Balaban J connectivity index is 1.61. The lowest BCUT2D eigenvalue weighted by Crippen LogP contribution is -2.54. The molecule has 1 heterocycles. The first-order valence-corrected chi connectivity index (χ1v) is 10.7. The molecule has 0 radical (unpaired) electrons. The van der Waals surface area contributed by atoms with Crippen LogP contribution in [0.3, 0.4) is 0 Å². The first-order chi connectivity index (χ1) is 12.7. The minimum absolute atomic E-state index is 0.0827. The Kier molecular flexibility index (Phi) is 5.69. The number of primary sulfonamides is 1. The lowest BCUT2D eigenvalue weighted by atomic mass is 10.1. The number of nitrogens with one attached hydrogen (secondary N) is 1. The standard InChI is InChI=1S/C19H24N4O2S2/c1-14-3-7-17(8-4-14)23-12-11-22(13-15(23)2)19(26)21-16-5-9-18(10-6-16)27(20,24)25/h3-10,15H,11-13H2,1-2H3,(H,21,26)(H2,20,24,25). The van der Waals surface area contributed by atoms with Crippen molar-refractivity contribution in [3.8, 4) is 0 Å². The van der Waals surface area contributed by atoms with E-state index < -0.39 is 10.0 Å². The highest BCUT2D eigenvalue weighted by Gasteiger charge is 2.25. The Labute approximate surface area is 166 Å². The average Bonchev–Trinajstić information content (AvgIpc) is 2.62. The zero-order valence-corrected chi connectivity index (χ0v) is 17.1. The van der Waals surface area contributed by atoms with Crippen molar-refractivity contribution in [3.63, 3.8) is 0 Å². The maximum atomic E-state index is 11.3. The summed E-state index contributed by atoms with van der Waals surface area (Å²) in [4.78, 5) is 4.61. The highest BCUT2D eigenvalue weighted by atomic mass is 32.2. The maximum absolute atomic E-state index is 11.3. The van der Waals surface area contributed by atoms with Gasteiger partial charge >= 0.3 is 0 Å². The lowest BCUT2D eigenvalue weighted by molar-refractivity contribution is 0.342. The van der Waals surface area contributed by atoms with Crippen LogP contribution in [0.4, 0.5) is 11.4 Å². The Bertz CT molecular complexity index is 912. The molecular formula is C19H24N4O2S2. The van der Waals surface area contributed by atoms with E-state index in [1.54, 1.807) is 12.1 Å². The van der Waals surface area contributed by atoms with Crippen molar-refractivity contribution in [2.45, 2.75) is 24.8 Å². The molecule has 6 nitrogen and oxygen atoms in total. The molecule has 0 aromatic heterocycles. The smallest absolute Gasteiger partial charge is 0.238 e. The zero-order valence-electron chi connectivity index (χ0n) is 15.4. The number of sulfonamides is 1. The van der Waals surface area contributed by atoms with E-state index in [1.165, 1.54) is 23.4 Å². The van der Waals surface area contributed by atoms with Gasteiger partial charge in [-0.1, -0.05) is 17.7 Å². The number of nitrogens with zero attached hydrogens (tertiary/aromatic N) is 2. The summed E-state index contributed by atoms with van der Waals surface area (Å²) in [7, 11) is -3.69. The third kappa shape index (κ3) is 4.77. The van der Waals surface area contributed by atoms with Crippen molar-refractivity contribution in [2.75, 3.05) is 29.9 Å². The molecule has 1 saturated heterocycles. The van der Waals surface area contributed by atoms with Crippen molar-refractivity contribution in [1.82, 2.24) is 4.90 Å². The second kappa shape index (κ2) is 7.84. The molecule has 2 aromatic rings. The van der Waals surface area contributed by atoms with Crippen LogP contribution >= 0.6 is 12.2 Å². The summed E-state index contributed by atoms with van der Waals surface area (Å²) in [6, 6.07) is 15.2. The second-order valence-electron chi connectivity index (χ2n) is 6.82. The van der Waals surface area contributed by atoms with Crippen LogP contribution in [-0.4, -0.2) is 44.1 Å². The molecule has 0 amide bonds. The first-order valence-electron chi connectivity index (χ1n) is 8.76. The second-order valence-corrected chi connectivity index (χ2v) is 8.77. The molecule has 27 heavy (non-hydrogen) atoms. The molecule has 0 bridgehead atoms. The van der Waals surface area contributed by atoms with Gasteiger partial charge in [0.2, 0.25) is 10.0 Å². The van der Waals surface area contributed by atoms with Gasteiger partial charge in [-0.2, -0.15) is 0 Å². The van der Waals surface area contributed by atoms with E-state index in [0.717, 1.165) is 25.3 Å². The van der Waals surface area contributed by atoms with E-state index in [4.69, 9.17) is 17.4 Å². The minimum atomic E-state index is -3.69. The fourth-order valence-electron chi connectivity index (χ4n) is 3.19. The predicted molar refractivity (Wildman–Crippen MR) is 114 cm³/mol. The molecule has 144 valence electrons. The third-order valence-electron chi connectivity index (χ3n) is 4.71. The van der Waals surface area contributed by atoms with Crippen molar-refractivity contribution in [2.24, 2.45) is 5.14 Å². The molecule has 3 rings (SSSR count). The van der Waals surface area contributed by atoms with Crippen molar-refractivity contribution < 1.29 is 8.42 Å². The summed E-state index contributed by atoms with van der Waals surface area (Å²) in [5, 5.41) is 8.93. The quantitative estimate of drug-likeness (QED) is 0.766. The van der Waals surface area contributed by atoms with Gasteiger partial charge in [0.1, 0.15) is 0 Å². The van der Waals surface area contributed by atoms with Crippen LogP contribution in [-0.2, 0) is 10.0 Å². The monoisotopic (exact) mass is 404 g/mol. The van der Waals surface area contributed by atoms with Gasteiger partial charge in [-0.3, -0.25) is 0 Å². The number of thiocarbonyl (C=S) groups is 1. The SMILES string of the molecule is Cc1ccc(N2CCN(C(=S)Nc3ccc(S(N)(=O)=O)cc3)CC2C)cc1. The number of aryl methyl sites for hydroxylation is 1. The third-order valence-corrected chi connectivity index (χ3v) is 6.00. The molecule has 1 aliphatic rings.